The van der Waals surface area contributed by atoms with Gasteiger partial charge in [-0.05, 0) is 30.3 Å². The average Bonchev–Trinajstić information content (AvgIpc) is 3.06. The summed E-state index contributed by atoms with van der Waals surface area (Å²) in [5.41, 5.74) is -0.215. The quantitative estimate of drug-likeness (QED) is 0.602. The number of carbonyl (C=O) groups is 1. The molecule has 11 heteroatoms. The Morgan fingerprint density at radius 3 is 2.71 bits per heavy atom. The Morgan fingerprint density at radius 1 is 1.32 bits per heavy atom. The first-order valence-corrected chi connectivity index (χ1v) is 10.4. The van der Waals surface area contributed by atoms with Crippen LogP contribution in [0.2, 0.25) is 5.02 Å². The first-order valence-electron chi connectivity index (χ1n) is 7.75. The highest BCUT2D eigenvalue weighted by Crippen LogP contribution is 2.37. The number of amides is 1. The van der Waals surface area contributed by atoms with Crippen LogP contribution in [0.25, 0.3) is 11.3 Å². The zero-order chi connectivity index (χ0) is 20.5. The van der Waals surface area contributed by atoms with E-state index >= 15 is 0 Å². The van der Waals surface area contributed by atoms with Crippen LogP contribution < -0.4 is 0 Å². The molecule has 0 unspecified atom stereocenters. The highest BCUT2D eigenvalue weighted by Gasteiger charge is 2.29. The van der Waals surface area contributed by atoms with E-state index in [1.165, 1.54) is 49.6 Å². The Balaban J connectivity index is 2.20. The van der Waals surface area contributed by atoms with Gasteiger partial charge in [-0.3, -0.25) is 0 Å². The highest BCUT2D eigenvalue weighted by atomic mass is 35.5. The van der Waals surface area contributed by atoms with Crippen molar-refractivity contribution in [3.63, 3.8) is 0 Å². The summed E-state index contributed by atoms with van der Waals surface area (Å²) in [6.45, 7) is -0.153. The molecule has 0 aliphatic carbocycles. The molecular formula is C17H13ClFN3O4S2. The molecule has 0 atom stereocenters. The average molecular weight is 442 g/mol. The second kappa shape index (κ2) is 7.82. The Bertz CT molecular complexity index is 1150. The summed E-state index contributed by atoms with van der Waals surface area (Å²) in [6.07, 6.45) is 0.0266. The van der Waals surface area contributed by atoms with Gasteiger partial charge >= 0.3 is 6.09 Å². The summed E-state index contributed by atoms with van der Waals surface area (Å²) in [5.74, 6) is -0.881. The van der Waals surface area contributed by atoms with Crippen molar-refractivity contribution in [3.05, 3.63) is 58.6 Å². The van der Waals surface area contributed by atoms with Crippen molar-refractivity contribution in [3.8, 4) is 11.3 Å². The second-order valence-electron chi connectivity index (χ2n) is 5.68. The summed E-state index contributed by atoms with van der Waals surface area (Å²) < 4.78 is 40.4. The molecule has 1 aromatic carbocycles. The summed E-state index contributed by atoms with van der Waals surface area (Å²) in [4.78, 5) is 19.7. The fourth-order valence-corrected chi connectivity index (χ4v) is 5.64. The number of hydrogen-bond acceptors (Lipinski definition) is 6. The molecule has 0 saturated heterocycles. The van der Waals surface area contributed by atoms with Crippen molar-refractivity contribution in [2.75, 3.05) is 7.05 Å². The van der Waals surface area contributed by atoms with E-state index in [1.807, 2.05) is 0 Å². The van der Waals surface area contributed by atoms with Gasteiger partial charge in [0, 0.05) is 18.3 Å². The third kappa shape index (κ3) is 3.98. The number of carboxylic acid groups (broad SMARTS) is 1. The number of rotatable bonds is 5. The van der Waals surface area contributed by atoms with E-state index in [-0.39, 0.29) is 36.9 Å². The molecule has 3 rings (SSSR count). The Kier molecular flexibility index (Phi) is 5.64. The van der Waals surface area contributed by atoms with Gasteiger partial charge in [0.1, 0.15) is 10.7 Å². The van der Waals surface area contributed by atoms with Crippen molar-refractivity contribution < 1.29 is 22.7 Å². The van der Waals surface area contributed by atoms with E-state index in [9.17, 15) is 17.6 Å². The van der Waals surface area contributed by atoms with Crippen molar-refractivity contribution in [1.29, 1.82) is 0 Å². The fourth-order valence-electron chi connectivity index (χ4n) is 2.34. The van der Waals surface area contributed by atoms with Crippen molar-refractivity contribution in [2.45, 2.75) is 15.6 Å². The second-order valence-corrected chi connectivity index (χ2v) is 9.35. The van der Waals surface area contributed by atoms with Gasteiger partial charge in [-0.25, -0.2) is 23.2 Å². The van der Waals surface area contributed by atoms with Crippen LogP contribution >= 0.6 is 22.9 Å². The summed E-state index contributed by atoms with van der Waals surface area (Å²) >= 11 is 6.69. The maximum absolute atomic E-state index is 14.2. The number of hydrogen-bond donors (Lipinski definition) is 1. The first-order chi connectivity index (χ1) is 13.2. The van der Waals surface area contributed by atoms with Crippen LogP contribution in [0, 0.1) is 5.95 Å². The molecule has 1 N–H and O–H groups in total. The zero-order valence-electron chi connectivity index (χ0n) is 14.3. The van der Waals surface area contributed by atoms with Crippen molar-refractivity contribution in [2.24, 2.45) is 0 Å². The smallest absolute Gasteiger partial charge is 0.407 e. The van der Waals surface area contributed by atoms with E-state index in [4.69, 9.17) is 16.7 Å². The minimum Gasteiger partial charge on any atom is -0.465 e. The maximum Gasteiger partial charge on any atom is 0.407 e. The summed E-state index contributed by atoms with van der Waals surface area (Å²) in [5, 5.41) is 9.47. The lowest BCUT2D eigenvalue weighted by Crippen LogP contribution is -2.23. The van der Waals surface area contributed by atoms with Crippen LogP contribution in [0.5, 0.6) is 0 Å². The number of nitrogens with zero attached hydrogens (tertiary/aromatic N) is 3. The predicted octanol–water partition coefficient (Wildman–Crippen LogP) is 3.94. The molecular weight excluding hydrogens is 429 g/mol. The van der Waals surface area contributed by atoms with E-state index < -0.39 is 21.9 Å². The standard InChI is InChI=1S/C17H13ClFN3O4S2/c1-22(17(23)24)9-13-21-14(12-6-3-7-20-15(12)19)16(27-13)28(25,26)11-5-2-4-10(18)8-11/h2-8H,9H2,1H3,(H,23,24). The highest BCUT2D eigenvalue weighted by molar-refractivity contribution is 7.93. The zero-order valence-corrected chi connectivity index (χ0v) is 16.7. The number of benzene rings is 1. The Labute approximate surface area is 169 Å². The van der Waals surface area contributed by atoms with E-state index in [0.29, 0.717) is 0 Å². The van der Waals surface area contributed by atoms with E-state index in [0.717, 1.165) is 16.2 Å². The third-order valence-corrected chi connectivity index (χ3v) is 7.24. The van der Waals surface area contributed by atoms with Gasteiger partial charge in [-0.15, -0.1) is 11.3 Å². The summed E-state index contributed by atoms with van der Waals surface area (Å²) in [7, 11) is -2.76. The number of halogens is 2. The number of thiazole rings is 1. The first kappa shape index (κ1) is 20.2. The lowest BCUT2D eigenvalue weighted by Gasteiger charge is -2.09. The van der Waals surface area contributed by atoms with Gasteiger partial charge in [-0.1, -0.05) is 17.7 Å². The molecule has 2 aromatic heterocycles. The van der Waals surface area contributed by atoms with E-state index in [2.05, 4.69) is 9.97 Å². The molecule has 1 amide bonds. The Hall–Kier alpha value is -2.56. The van der Waals surface area contributed by atoms with Gasteiger partial charge in [-0.2, -0.15) is 4.39 Å². The van der Waals surface area contributed by atoms with Crippen molar-refractivity contribution in [1.82, 2.24) is 14.9 Å². The van der Waals surface area contributed by atoms with Gasteiger partial charge in [0.2, 0.25) is 15.8 Å². The fraction of sp³-hybridized carbons (Fsp3) is 0.118. The van der Waals surface area contributed by atoms with Crippen LogP contribution in [-0.4, -0.2) is 41.5 Å². The molecule has 146 valence electrons. The van der Waals surface area contributed by atoms with Crippen LogP contribution in [0.1, 0.15) is 5.01 Å². The molecule has 7 nitrogen and oxygen atoms in total. The van der Waals surface area contributed by atoms with Crippen LogP contribution in [0.4, 0.5) is 9.18 Å². The van der Waals surface area contributed by atoms with Gasteiger partial charge in [0.05, 0.1) is 17.0 Å². The molecule has 28 heavy (non-hydrogen) atoms. The SMILES string of the molecule is CN(Cc1nc(-c2cccnc2F)c(S(=O)(=O)c2cccc(Cl)c2)s1)C(=O)O. The monoisotopic (exact) mass is 441 g/mol. The lowest BCUT2D eigenvalue weighted by molar-refractivity contribution is 0.153. The summed E-state index contributed by atoms with van der Waals surface area (Å²) in [6, 6.07) is 8.48. The van der Waals surface area contributed by atoms with Gasteiger partial charge in [0.25, 0.3) is 0 Å². The maximum atomic E-state index is 14.2. The van der Waals surface area contributed by atoms with E-state index in [1.54, 1.807) is 0 Å². The Morgan fingerprint density at radius 2 is 2.07 bits per heavy atom. The molecule has 0 aliphatic heterocycles. The van der Waals surface area contributed by atoms with Crippen LogP contribution in [-0.2, 0) is 16.4 Å². The lowest BCUT2D eigenvalue weighted by atomic mass is 10.2. The third-order valence-electron chi connectivity index (χ3n) is 3.70. The molecule has 0 fully saturated rings. The molecule has 0 aliphatic rings. The molecule has 3 aromatic rings. The molecule has 0 spiro atoms. The molecule has 0 bridgehead atoms. The molecule has 2 heterocycles. The van der Waals surface area contributed by atoms with Crippen molar-refractivity contribution >= 4 is 38.9 Å². The van der Waals surface area contributed by atoms with Gasteiger partial charge < -0.3 is 10.0 Å². The number of sulfone groups is 1. The largest absolute Gasteiger partial charge is 0.465 e. The molecule has 0 radical (unpaired) electrons. The number of aromatic nitrogens is 2. The minimum atomic E-state index is -4.08. The molecule has 0 saturated carbocycles. The predicted molar refractivity (Wildman–Crippen MR) is 102 cm³/mol. The normalized spacial score (nSPS) is 11.4. The van der Waals surface area contributed by atoms with Crippen LogP contribution in [0.3, 0.4) is 0 Å². The topological polar surface area (TPSA) is 100 Å². The van der Waals surface area contributed by atoms with Crippen LogP contribution in [0.15, 0.2) is 51.7 Å². The van der Waals surface area contributed by atoms with Gasteiger partial charge in [0.15, 0.2) is 4.21 Å². The number of pyridine rings is 1. The minimum absolute atomic E-state index is 0.0765.